The number of fused-ring (bicyclic) bond motifs is 1. The van der Waals surface area contributed by atoms with E-state index in [1.807, 2.05) is 0 Å². The molecule has 2 aliphatic carbocycles. The Morgan fingerprint density at radius 2 is 1.83 bits per heavy atom. The van der Waals surface area contributed by atoms with Crippen LogP contribution in [-0.4, -0.2) is 5.78 Å². The van der Waals surface area contributed by atoms with Crippen LogP contribution in [0.1, 0.15) is 45.4 Å². The molecule has 0 saturated heterocycles. The van der Waals surface area contributed by atoms with Gasteiger partial charge in [0, 0.05) is 5.92 Å². The van der Waals surface area contributed by atoms with Gasteiger partial charge in [0.25, 0.3) is 0 Å². The molecule has 3 unspecified atom stereocenters. The number of carbonyl (C=O) groups is 1. The van der Waals surface area contributed by atoms with E-state index in [4.69, 9.17) is 0 Å². The third-order valence-electron chi connectivity index (χ3n) is 3.86. The van der Waals surface area contributed by atoms with Gasteiger partial charge in [0.05, 0.1) is 0 Å². The highest BCUT2D eigenvalue weighted by atomic mass is 16.1. The molecular weight excluding hydrogens is 148 g/mol. The van der Waals surface area contributed by atoms with Crippen LogP contribution in [0.5, 0.6) is 0 Å². The maximum absolute atomic E-state index is 11.3. The fourth-order valence-corrected chi connectivity index (χ4v) is 3.24. The van der Waals surface area contributed by atoms with Crippen molar-refractivity contribution >= 4 is 5.78 Å². The van der Waals surface area contributed by atoms with E-state index in [9.17, 15) is 4.79 Å². The van der Waals surface area contributed by atoms with Crippen LogP contribution < -0.4 is 0 Å². The Morgan fingerprint density at radius 1 is 1.08 bits per heavy atom. The highest BCUT2D eigenvalue weighted by Crippen LogP contribution is 2.45. The summed E-state index contributed by atoms with van der Waals surface area (Å²) < 4.78 is 0. The van der Waals surface area contributed by atoms with Crippen molar-refractivity contribution in [2.75, 3.05) is 0 Å². The van der Waals surface area contributed by atoms with Gasteiger partial charge in [0.15, 0.2) is 0 Å². The Kier molecular flexibility index (Phi) is 2.20. The molecule has 0 aliphatic heterocycles. The SMILES string of the molecule is CC(=O)C1CCC2CCCCC21. The average Bonchev–Trinajstić information content (AvgIpc) is 2.47. The van der Waals surface area contributed by atoms with E-state index in [1.165, 1.54) is 38.5 Å². The van der Waals surface area contributed by atoms with E-state index in [1.54, 1.807) is 6.92 Å². The fraction of sp³-hybridized carbons (Fsp3) is 0.909. The summed E-state index contributed by atoms with van der Waals surface area (Å²) in [5.41, 5.74) is 0. The maximum Gasteiger partial charge on any atom is 0.133 e. The number of Topliss-reactive ketones (excluding diaryl/α,β-unsaturated/α-hetero) is 1. The molecule has 0 spiro atoms. The molecule has 2 fully saturated rings. The highest BCUT2D eigenvalue weighted by molar-refractivity contribution is 5.78. The van der Waals surface area contributed by atoms with Crippen molar-refractivity contribution in [3.05, 3.63) is 0 Å². The van der Waals surface area contributed by atoms with Gasteiger partial charge in [-0.25, -0.2) is 0 Å². The average molecular weight is 166 g/mol. The summed E-state index contributed by atoms with van der Waals surface area (Å²) in [6.45, 7) is 1.78. The predicted molar refractivity (Wildman–Crippen MR) is 48.9 cm³/mol. The van der Waals surface area contributed by atoms with E-state index in [0.29, 0.717) is 11.7 Å². The molecular formula is C11H18O. The normalized spacial score (nSPS) is 40.9. The van der Waals surface area contributed by atoms with E-state index in [0.717, 1.165) is 11.8 Å². The number of hydrogen-bond acceptors (Lipinski definition) is 1. The van der Waals surface area contributed by atoms with Gasteiger partial charge >= 0.3 is 0 Å². The summed E-state index contributed by atoms with van der Waals surface area (Å²) in [6.07, 6.45) is 8.01. The first-order valence-electron chi connectivity index (χ1n) is 5.29. The van der Waals surface area contributed by atoms with Gasteiger partial charge in [-0.3, -0.25) is 4.79 Å². The molecule has 0 N–H and O–H groups in total. The molecule has 2 rings (SSSR count). The zero-order chi connectivity index (χ0) is 8.55. The second-order valence-electron chi connectivity index (χ2n) is 4.50. The minimum atomic E-state index is 0.440. The van der Waals surface area contributed by atoms with Crippen molar-refractivity contribution in [3.63, 3.8) is 0 Å². The van der Waals surface area contributed by atoms with Crippen LogP contribution in [0.4, 0.5) is 0 Å². The standard InChI is InChI=1S/C11H18O/c1-8(12)10-7-6-9-4-2-3-5-11(9)10/h9-11H,2-7H2,1H3. The molecule has 0 radical (unpaired) electrons. The Bertz CT molecular complexity index is 185. The third kappa shape index (κ3) is 1.30. The summed E-state index contributed by atoms with van der Waals surface area (Å²) >= 11 is 0. The smallest absolute Gasteiger partial charge is 0.133 e. The minimum absolute atomic E-state index is 0.440. The number of carbonyl (C=O) groups excluding carboxylic acids is 1. The van der Waals surface area contributed by atoms with Gasteiger partial charge < -0.3 is 0 Å². The molecule has 0 aromatic rings. The number of rotatable bonds is 1. The van der Waals surface area contributed by atoms with E-state index >= 15 is 0 Å². The van der Waals surface area contributed by atoms with Crippen LogP contribution in [0.2, 0.25) is 0 Å². The quantitative estimate of drug-likeness (QED) is 0.585. The third-order valence-corrected chi connectivity index (χ3v) is 3.86. The van der Waals surface area contributed by atoms with Gasteiger partial charge in [-0.05, 0) is 38.0 Å². The van der Waals surface area contributed by atoms with E-state index < -0.39 is 0 Å². The lowest BCUT2D eigenvalue weighted by Crippen LogP contribution is -2.23. The van der Waals surface area contributed by atoms with Crippen LogP contribution in [-0.2, 0) is 4.79 Å². The van der Waals surface area contributed by atoms with Gasteiger partial charge in [0.2, 0.25) is 0 Å². The zero-order valence-electron chi connectivity index (χ0n) is 7.88. The highest BCUT2D eigenvalue weighted by Gasteiger charge is 2.39. The molecule has 0 bridgehead atoms. The molecule has 0 heterocycles. The molecule has 1 heteroatoms. The van der Waals surface area contributed by atoms with Crippen molar-refractivity contribution in [2.24, 2.45) is 17.8 Å². The summed E-state index contributed by atoms with van der Waals surface area (Å²) in [5, 5.41) is 0. The van der Waals surface area contributed by atoms with Crippen molar-refractivity contribution < 1.29 is 4.79 Å². The predicted octanol–water partition coefficient (Wildman–Crippen LogP) is 2.79. The Hall–Kier alpha value is -0.330. The monoisotopic (exact) mass is 166 g/mol. The topological polar surface area (TPSA) is 17.1 Å². The minimum Gasteiger partial charge on any atom is -0.300 e. The lowest BCUT2D eigenvalue weighted by atomic mass is 9.77. The van der Waals surface area contributed by atoms with E-state index in [-0.39, 0.29) is 0 Å². The summed E-state index contributed by atoms with van der Waals surface area (Å²) in [6, 6.07) is 0. The molecule has 2 aliphatic rings. The molecule has 0 amide bonds. The van der Waals surface area contributed by atoms with Crippen LogP contribution in [0.3, 0.4) is 0 Å². The Balaban J connectivity index is 2.05. The fourth-order valence-electron chi connectivity index (χ4n) is 3.24. The van der Waals surface area contributed by atoms with Crippen LogP contribution in [0, 0.1) is 17.8 Å². The van der Waals surface area contributed by atoms with Crippen LogP contribution in [0.15, 0.2) is 0 Å². The van der Waals surface area contributed by atoms with Crippen molar-refractivity contribution in [3.8, 4) is 0 Å². The first-order chi connectivity index (χ1) is 5.79. The molecule has 12 heavy (non-hydrogen) atoms. The van der Waals surface area contributed by atoms with Crippen molar-refractivity contribution in [1.82, 2.24) is 0 Å². The Labute approximate surface area is 74.5 Å². The zero-order valence-corrected chi connectivity index (χ0v) is 7.88. The lowest BCUT2D eigenvalue weighted by Gasteiger charge is -2.27. The van der Waals surface area contributed by atoms with E-state index in [2.05, 4.69) is 0 Å². The summed E-state index contributed by atoms with van der Waals surface area (Å²) in [4.78, 5) is 11.3. The number of ketones is 1. The second kappa shape index (κ2) is 3.20. The van der Waals surface area contributed by atoms with Crippen LogP contribution >= 0.6 is 0 Å². The maximum atomic E-state index is 11.3. The molecule has 0 aromatic carbocycles. The van der Waals surface area contributed by atoms with Gasteiger partial charge in [-0.2, -0.15) is 0 Å². The molecule has 2 saturated carbocycles. The van der Waals surface area contributed by atoms with Crippen LogP contribution in [0.25, 0.3) is 0 Å². The van der Waals surface area contributed by atoms with Crippen molar-refractivity contribution in [2.45, 2.75) is 45.4 Å². The summed E-state index contributed by atoms with van der Waals surface area (Å²) in [7, 11) is 0. The van der Waals surface area contributed by atoms with Crippen molar-refractivity contribution in [1.29, 1.82) is 0 Å². The van der Waals surface area contributed by atoms with Gasteiger partial charge in [-0.1, -0.05) is 19.3 Å². The number of hydrogen-bond donors (Lipinski definition) is 0. The largest absolute Gasteiger partial charge is 0.300 e. The first kappa shape index (κ1) is 8.28. The van der Waals surface area contributed by atoms with Gasteiger partial charge in [-0.15, -0.1) is 0 Å². The van der Waals surface area contributed by atoms with Gasteiger partial charge in [0.1, 0.15) is 5.78 Å². The molecule has 1 nitrogen and oxygen atoms in total. The lowest BCUT2D eigenvalue weighted by molar-refractivity contribution is -0.122. The summed E-state index contributed by atoms with van der Waals surface area (Å²) in [5.74, 6) is 2.57. The molecule has 0 aromatic heterocycles. The first-order valence-corrected chi connectivity index (χ1v) is 5.29. The second-order valence-corrected chi connectivity index (χ2v) is 4.50. The Morgan fingerprint density at radius 3 is 2.58 bits per heavy atom. The molecule has 3 atom stereocenters. The molecule has 68 valence electrons.